The molecular weight excluding hydrogens is 498 g/mol. The lowest BCUT2D eigenvalue weighted by Gasteiger charge is -2.57. The van der Waals surface area contributed by atoms with Gasteiger partial charge in [0.2, 0.25) is 11.8 Å². The molecule has 8 heteroatoms. The molecule has 0 aromatic heterocycles. The quantitative estimate of drug-likeness (QED) is 0.242. The third-order valence-electron chi connectivity index (χ3n) is 9.54. The van der Waals surface area contributed by atoms with Gasteiger partial charge in [0, 0.05) is 16.9 Å². The van der Waals surface area contributed by atoms with Gasteiger partial charge in [-0.3, -0.25) is 29.4 Å². The molecule has 2 aliphatic heterocycles. The van der Waals surface area contributed by atoms with Gasteiger partial charge in [0.15, 0.2) is 0 Å². The van der Waals surface area contributed by atoms with Crippen molar-refractivity contribution < 1.29 is 19.2 Å². The minimum atomic E-state index is -0.918. The van der Waals surface area contributed by atoms with Gasteiger partial charge in [0.1, 0.15) is 6.04 Å². The first-order chi connectivity index (χ1) is 18.4. The molecule has 4 amide bonds. The van der Waals surface area contributed by atoms with Crippen molar-refractivity contribution in [1.29, 1.82) is 0 Å². The van der Waals surface area contributed by atoms with E-state index in [2.05, 4.69) is 10.6 Å². The molecule has 0 radical (unpaired) electrons. The molecule has 2 N–H and O–H groups in total. The first-order valence-electron chi connectivity index (χ1n) is 14.6. The second-order valence-corrected chi connectivity index (χ2v) is 13.6. The summed E-state index contributed by atoms with van der Waals surface area (Å²) in [6, 6.07) is 4.45. The van der Waals surface area contributed by atoms with E-state index in [1.165, 1.54) is 70.8 Å². The van der Waals surface area contributed by atoms with Crippen molar-refractivity contribution in [1.82, 2.24) is 15.5 Å². The monoisotopic (exact) mass is 537 g/mol. The van der Waals surface area contributed by atoms with Crippen molar-refractivity contribution in [2.45, 2.75) is 99.9 Å². The number of nitrogens with zero attached hydrogens (tertiary/aromatic N) is 1. The Morgan fingerprint density at radius 1 is 0.868 bits per heavy atom. The molecule has 5 fully saturated rings. The Morgan fingerprint density at radius 3 is 2.24 bits per heavy atom. The van der Waals surface area contributed by atoms with Crippen LogP contribution in [0.1, 0.15) is 104 Å². The van der Waals surface area contributed by atoms with Gasteiger partial charge in [-0.05, 0) is 106 Å². The third-order valence-corrected chi connectivity index (χ3v) is 10.6. The van der Waals surface area contributed by atoms with Gasteiger partial charge >= 0.3 is 0 Å². The highest BCUT2D eigenvalue weighted by molar-refractivity contribution is 7.99. The number of hydrogen-bond donors (Lipinski definition) is 2. The molecule has 7 nitrogen and oxygen atoms in total. The summed E-state index contributed by atoms with van der Waals surface area (Å²) in [6.45, 7) is 1.17. The number of hydrogen-bond acceptors (Lipinski definition) is 6. The molecule has 4 bridgehead atoms. The Hall–Kier alpha value is -2.19. The smallest absolute Gasteiger partial charge is 0.262 e. The van der Waals surface area contributed by atoms with E-state index in [1.807, 2.05) is 6.07 Å². The fourth-order valence-corrected chi connectivity index (χ4v) is 9.12. The Labute approximate surface area is 229 Å². The predicted molar refractivity (Wildman–Crippen MR) is 146 cm³/mol. The summed E-state index contributed by atoms with van der Waals surface area (Å²) >= 11 is 1.71. The average Bonchev–Trinajstić information content (AvgIpc) is 3.11. The number of rotatable bonds is 11. The number of thioether (sulfide) groups is 1. The van der Waals surface area contributed by atoms with Crippen LogP contribution >= 0.6 is 11.8 Å². The first kappa shape index (κ1) is 26.1. The second-order valence-electron chi connectivity index (χ2n) is 12.4. The highest BCUT2D eigenvalue weighted by atomic mass is 32.2. The molecule has 6 aliphatic rings. The lowest BCUT2D eigenvalue weighted by Crippen LogP contribution is -2.58. The average molecular weight is 538 g/mol. The van der Waals surface area contributed by atoms with Crippen LogP contribution < -0.4 is 10.6 Å². The third kappa shape index (κ3) is 5.18. The minimum absolute atomic E-state index is 0.128. The summed E-state index contributed by atoms with van der Waals surface area (Å²) in [5.41, 5.74) is 1.18. The van der Waals surface area contributed by atoms with E-state index in [-0.39, 0.29) is 18.7 Å². The van der Waals surface area contributed by atoms with E-state index in [1.54, 1.807) is 23.9 Å². The maximum absolute atomic E-state index is 13.0. The van der Waals surface area contributed by atoms with E-state index in [0.717, 1.165) is 39.7 Å². The van der Waals surface area contributed by atoms with E-state index in [4.69, 9.17) is 0 Å². The first-order valence-corrected chi connectivity index (χ1v) is 15.6. The van der Waals surface area contributed by atoms with E-state index >= 15 is 0 Å². The summed E-state index contributed by atoms with van der Waals surface area (Å²) < 4.78 is 0. The summed E-state index contributed by atoms with van der Waals surface area (Å²) in [5.74, 6) is 2.14. The number of benzene rings is 1. The van der Waals surface area contributed by atoms with Gasteiger partial charge < -0.3 is 5.32 Å². The van der Waals surface area contributed by atoms with Crippen LogP contribution in [-0.2, 0) is 9.59 Å². The van der Waals surface area contributed by atoms with Gasteiger partial charge in [0.25, 0.3) is 11.8 Å². The fraction of sp³-hybridized carbons (Fsp3) is 0.667. The number of nitrogens with one attached hydrogen (secondary N) is 2. The van der Waals surface area contributed by atoms with Crippen molar-refractivity contribution in [2.24, 2.45) is 17.8 Å². The zero-order valence-electron chi connectivity index (χ0n) is 22.1. The molecule has 4 aliphatic carbocycles. The number of piperidine rings is 1. The van der Waals surface area contributed by atoms with Crippen LogP contribution in [0.3, 0.4) is 0 Å². The maximum Gasteiger partial charge on any atom is 0.262 e. The number of carbonyl (C=O) groups is 4. The minimum Gasteiger partial charge on any atom is -0.311 e. The molecule has 1 saturated heterocycles. The number of imide groups is 2. The molecule has 38 heavy (non-hydrogen) atoms. The molecule has 1 unspecified atom stereocenters. The Balaban J connectivity index is 0.895. The predicted octanol–water partition coefficient (Wildman–Crippen LogP) is 4.69. The zero-order chi connectivity index (χ0) is 26.3. The molecule has 4 saturated carbocycles. The van der Waals surface area contributed by atoms with E-state index in [9.17, 15) is 19.2 Å². The standard InChI is InChI=1S/C30H39N3O4S/c34-26-9-8-25(27(35)32-26)33-28(36)23-7-6-22(15-24(23)29(33)37)38-11-5-3-1-2-4-10-31-30-16-19-12-20(17-30)14-21(13-19)18-30/h6-7,15,19-21,25,31H,1-5,8-14,16-18H2,(H,32,34,35). The van der Waals surface area contributed by atoms with Crippen LogP contribution in [0.2, 0.25) is 0 Å². The molecule has 2 heterocycles. The Bertz CT molecular complexity index is 1100. The Morgan fingerprint density at radius 2 is 1.53 bits per heavy atom. The van der Waals surface area contributed by atoms with Gasteiger partial charge in [-0.2, -0.15) is 0 Å². The number of carbonyl (C=O) groups excluding carboxylic acids is 4. The molecule has 1 aromatic rings. The SMILES string of the molecule is O=C1CCC(N2C(=O)c3ccc(SCCCCCCCNC45CC6CC(CC(C6)C4)C5)cc3C2=O)C(=O)N1. The summed E-state index contributed by atoms with van der Waals surface area (Å²) in [5, 5.41) is 6.25. The van der Waals surface area contributed by atoms with Crippen LogP contribution in [-0.4, -0.2) is 52.4 Å². The second kappa shape index (κ2) is 10.8. The van der Waals surface area contributed by atoms with Crippen LogP contribution in [0.4, 0.5) is 0 Å². The van der Waals surface area contributed by atoms with Gasteiger partial charge in [-0.25, -0.2) is 0 Å². The Kier molecular flexibility index (Phi) is 7.38. The van der Waals surface area contributed by atoms with Crippen LogP contribution in [0, 0.1) is 17.8 Å². The molecule has 7 rings (SSSR count). The summed E-state index contributed by atoms with van der Waals surface area (Å²) in [7, 11) is 0. The maximum atomic E-state index is 13.0. The lowest BCUT2D eigenvalue weighted by molar-refractivity contribution is -0.136. The van der Waals surface area contributed by atoms with Crippen molar-refractivity contribution in [3.63, 3.8) is 0 Å². The number of unbranched alkanes of at least 4 members (excludes halogenated alkanes) is 4. The van der Waals surface area contributed by atoms with Crippen molar-refractivity contribution in [3.05, 3.63) is 29.3 Å². The van der Waals surface area contributed by atoms with Gasteiger partial charge in [-0.15, -0.1) is 11.8 Å². The summed E-state index contributed by atoms with van der Waals surface area (Å²) in [6.07, 6.45) is 15.2. The molecule has 204 valence electrons. The fourth-order valence-electron chi connectivity index (χ4n) is 8.17. The summed E-state index contributed by atoms with van der Waals surface area (Å²) in [4.78, 5) is 51.5. The van der Waals surface area contributed by atoms with Gasteiger partial charge in [-0.1, -0.05) is 19.3 Å². The van der Waals surface area contributed by atoms with Crippen molar-refractivity contribution in [2.75, 3.05) is 12.3 Å². The van der Waals surface area contributed by atoms with Crippen molar-refractivity contribution >= 4 is 35.4 Å². The van der Waals surface area contributed by atoms with E-state index in [0.29, 0.717) is 16.7 Å². The van der Waals surface area contributed by atoms with Crippen LogP contribution in [0.5, 0.6) is 0 Å². The highest BCUT2D eigenvalue weighted by Gasteiger charge is 2.50. The van der Waals surface area contributed by atoms with Crippen LogP contribution in [0.25, 0.3) is 0 Å². The number of fused-ring (bicyclic) bond motifs is 1. The van der Waals surface area contributed by atoms with Gasteiger partial charge in [0.05, 0.1) is 11.1 Å². The molecular formula is C30H39N3O4S. The van der Waals surface area contributed by atoms with Crippen molar-refractivity contribution in [3.8, 4) is 0 Å². The molecule has 1 atom stereocenters. The highest BCUT2D eigenvalue weighted by Crippen LogP contribution is 2.55. The topological polar surface area (TPSA) is 95.6 Å². The largest absolute Gasteiger partial charge is 0.311 e. The molecule has 1 aromatic carbocycles. The zero-order valence-corrected chi connectivity index (χ0v) is 23.0. The lowest BCUT2D eigenvalue weighted by atomic mass is 9.53. The van der Waals surface area contributed by atoms with E-state index < -0.39 is 23.8 Å². The number of amides is 4. The van der Waals surface area contributed by atoms with Crippen LogP contribution in [0.15, 0.2) is 23.1 Å². The normalized spacial score (nSPS) is 31.7. The molecule has 0 spiro atoms.